The number of ether oxygens (including phenoxy) is 2. The highest BCUT2D eigenvalue weighted by Crippen LogP contribution is 2.38. The lowest BCUT2D eigenvalue weighted by atomic mass is 9.82. The number of nitrogens with one attached hydrogen (secondary N) is 1. The summed E-state index contributed by atoms with van der Waals surface area (Å²) in [7, 11) is 0. The van der Waals surface area contributed by atoms with Crippen LogP contribution in [0.5, 0.6) is 5.75 Å². The van der Waals surface area contributed by atoms with Gasteiger partial charge in [-0.05, 0) is 56.6 Å². The number of carboxylic acid groups (broad SMARTS) is 1. The number of benzene rings is 1. The molecule has 0 spiro atoms. The molecule has 3 rings (SSSR count). The summed E-state index contributed by atoms with van der Waals surface area (Å²) in [4.78, 5) is 10.8. The third-order valence-electron chi connectivity index (χ3n) is 5.45. The Hall–Kier alpha value is -1.34. The second kappa shape index (κ2) is 10.3. The minimum absolute atomic E-state index is 0. The Morgan fingerprint density at radius 3 is 2.56 bits per heavy atom. The lowest BCUT2D eigenvalue weighted by Crippen LogP contribution is -2.38. The normalized spacial score (nSPS) is 30.5. The molecule has 0 aromatic heterocycles. The molecule has 6 nitrogen and oxygen atoms in total. The lowest BCUT2D eigenvalue weighted by Gasteiger charge is -2.30. The molecule has 2 fully saturated rings. The molecule has 1 aromatic carbocycles. The molecule has 1 aliphatic carbocycles. The first-order chi connectivity index (χ1) is 12.5. The van der Waals surface area contributed by atoms with Crippen LogP contribution < -0.4 is 10.1 Å². The van der Waals surface area contributed by atoms with Crippen molar-refractivity contribution >= 4 is 18.4 Å². The van der Waals surface area contributed by atoms with Gasteiger partial charge in [0.2, 0.25) is 0 Å². The van der Waals surface area contributed by atoms with Gasteiger partial charge in [-0.1, -0.05) is 18.2 Å². The maximum absolute atomic E-state index is 10.8. The van der Waals surface area contributed by atoms with Gasteiger partial charge in [-0.3, -0.25) is 0 Å². The number of aliphatic carboxylic acids is 1. The van der Waals surface area contributed by atoms with E-state index in [1.165, 1.54) is 0 Å². The second-order valence-electron chi connectivity index (χ2n) is 7.50. The Labute approximate surface area is 166 Å². The van der Waals surface area contributed by atoms with Crippen LogP contribution in [-0.4, -0.2) is 53.7 Å². The van der Waals surface area contributed by atoms with Crippen molar-refractivity contribution in [3.63, 3.8) is 0 Å². The summed E-state index contributed by atoms with van der Waals surface area (Å²) < 4.78 is 11.5. The Morgan fingerprint density at radius 2 is 1.93 bits per heavy atom. The molecule has 3 N–H and O–H groups in total. The van der Waals surface area contributed by atoms with E-state index >= 15 is 0 Å². The van der Waals surface area contributed by atoms with Crippen LogP contribution in [0, 0.1) is 0 Å². The summed E-state index contributed by atoms with van der Waals surface area (Å²) in [5, 5.41) is 22.2. The number of carboxylic acids is 1. The predicted octanol–water partition coefficient (Wildman–Crippen LogP) is 2.73. The topological polar surface area (TPSA) is 88.0 Å². The monoisotopic (exact) mass is 399 g/mol. The van der Waals surface area contributed by atoms with Crippen LogP contribution >= 0.6 is 12.4 Å². The van der Waals surface area contributed by atoms with Gasteiger partial charge in [-0.2, -0.15) is 0 Å². The molecule has 27 heavy (non-hydrogen) atoms. The Balaban J connectivity index is 0.00000261. The van der Waals surface area contributed by atoms with Crippen molar-refractivity contribution in [1.29, 1.82) is 0 Å². The van der Waals surface area contributed by atoms with Crippen molar-refractivity contribution in [3.8, 4) is 5.75 Å². The number of aliphatic hydroxyl groups excluding tert-OH is 1. The third-order valence-corrected chi connectivity index (χ3v) is 5.45. The van der Waals surface area contributed by atoms with Gasteiger partial charge >= 0.3 is 5.97 Å². The highest BCUT2D eigenvalue weighted by Gasteiger charge is 2.31. The fourth-order valence-corrected chi connectivity index (χ4v) is 4.10. The average Bonchev–Trinajstić information content (AvgIpc) is 2.96. The minimum atomic E-state index is -0.964. The SMILES string of the molecule is C[C@@H]1CC(O)C(COC2CCC(c3ccccc3OCC(=O)O)CC2)N1.Cl. The van der Waals surface area contributed by atoms with Crippen molar-refractivity contribution in [2.24, 2.45) is 0 Å². The van der Waals surface area contributed by atoms with E-state index in [1.54, 1.807) is 0 Å². The highest BCUT2D eigenvalue weighted by atomic mass is 35.5. The Bertz CT molecular complexity index is 606. The van der Waals surface area contributed by atoms with Gasteiger partial charge in [0.15, 0.2) is 6.61 Å². The van der Waals surface area contributed by atoms with E-state index in [4.69, 9.17) is 14.6 Å². The summed E-state index contributed by atoms with van der Waals surface area (Å²) in [5.74, 6) is 0.0792. The number of carbonyl (C=O) groups is 1. The molecule has 1 aromatic rings. The zero-order chi connectivity index (χ0) is 18.5. The van der Waals surface area contributed by atoms with Crippen molar-refractivity contribution in [3.05, 3.63) is 29.8 Å². The van der Waals surface area contributed by atoms with Crippen LogP contribution in [0.4, 0.5) is 0 Å². The fourth-order valence-electron chi connectivity index (χ4n) is 4.10. The van der Waals surface area contributed by atoms with Gasteiger partial charge in [-0.25, -0.2) is 4.79 Å². The molecule has 2 aliphatic rings. The number of rotatable bonds is 7. The van der Waals surface area contributed by atoms with Crippen molar-refractivity contribution < 1.29 is 24.5 Å². The van der Waals surface area contributed by atoms with Crippen LogP contribution in [0.1, 0.15) is 50.5 Å². The summed E-state index contributed by atoms with van der Waals surface area (Å²) >= 11 is 0. The predicted molar refractivity (Wildman–Crippen MR) is 105 cm³/mol. The Morgan fingerprint density at radius 1 is 1.22 bits per heavy atom. The van der Waals surface area contributed by atoms with E-state index < -0.39 is 5.97 Å². The average molecular weight is 400 g/mol. The smallest absolute Gasteiger partial charge is 0.341 e. The summed E-state index contributed by atoms with van der Waals surface area (Å²) in [6.07, 6.45) is 4.62. The summed E-state index contributed by atoms with van der Waals surface area (Å²) in [6, 6.07) is 8.10. The van der Waals surface area contributed by atoms with Crippen molar-refractivity contribution in [2.45, 2.75) is 69.2 Å². The fraction of sp³-hybridized carbons (Fsp3) is 0.650. The van der Waals surface area contributed by atoms with E-state index in [9.17, 15) is 9.90 Å². The van der Waals surface area contributed by atoms with E-state index in [-0.39, 0.29) is 37.3 Å². The van der Waals surface area contributed by atoms with Crippen molar-refractivity contribution in [1.82, 2.24) is 5.32 Å². The quantitative estimate of drug-likeness (QED) is 0.653. The van der Waals surface area contributed by atoms with Crippen LogP contribution in [-0.2, 0) is 9.53 Å². The third kappa shape index (κ3) is 6.07. The van der Waals surface area contributed by atoms with Crippen LogP contribution in [0.2, 0.25) is 0 Å². The van der Waals surface area contributed by atoms with E-state index in [1.807, 2.05) is 24.3 Å². The zero-order valence-electron chi connectivity index (χ0n) is 15.7. The van der Waals surface area contributed by atoms with Gasteiger partial charge in [0.25, 0.3) is 0 Å². The molecule has 1 saturated heterocycles. The van der Waals surface area contributed by atoms with Gasteiger partial charge < -0.3 is 25.0 Å². The lowest BCUT2D eigenvalue weighted by molar-refractivity contribution is -0.139. The van der Waals surface area contributed by atoms with Gasteiger partial charge in [0, 0.05) is 6.04 Å². The van der Waals surface area contributed by atoms with E-state index in [0.29, 0.717) is 24.3 Å². The molecule has 152 valence electrons. The van der Waals surface area contributed by atoms with Crippen molar-refractivity contribution in [2.75, 3.05) is 13.2 Å². The summed E-state index contributed by atoms with van der Waals surface area (Å²) in [5.41, 5.74) is 1.09. The Kier molecular flexibility index (Phi) is 8.35. The van der Waals surface area contributed by atoms with Gasteiger partial charge in [-0.15, -0.1) is 12.4 Å². The number of hydrogen-bond donors (Lipinski definition) is 3. The largest absolute Gasteiger partial charge is 0.482 e. The number of para-hydroxylation sites is 1. The standard InChI is InChI=1S/C20H29NO5.ClH/c1-13-10-18(22)17(21-13)11-25-15-8-6-14(7-9-15)16-4-2-3-5-19(16)26-12-20(23)24;/h2-5,13-15,17-18,21-22H,6-12H2,1H3,(H,23,24);1H/t13-,14?,15?,17?,18?;/m1./s1. The summed E-state index contributed by atoms with van der Waals surface area (Å²) in [6.45, 7) is 2.32. The first-order valence-corrected chi connectivity index (χ1v) is 9.52. The first kappa shape index (κ1) is 22.0. The zero-order valence-corrected chi connectivity index (χ0v) is 16.5. The first-order valence-electron chi connectivity index (χ1n) is 9.52. The number of aliphatic hydroxyl groups is 1. The highest BCUT2D eigenvalue weighted by molar-refractivity contribution is 5.85. The van der Waals surface area contributed by atoms with E-state index in [2.05, 4.69) is 12.2 Å². The van der Waals surface area contributed by atoms with Crippen LogP contribution in [0.25, 0.3) is 0 Å². The van der Waals surface area contributed by atoms with Crippen LogP contribution in [0.15, 0.2) is 24.3 Å². The molecule has 0 bridgehead atoms. The van der Waals surface area contributed by atoms with Gasteiger partial charge in [0.05, 0.1) is 24.9 Å². The minimum Gasteiger partial charge on any atom is -0.482 e. The molecule has 1 saturated carbocycles. The maximum Gasteiger partial charge on any atom is 0.341 e. The molecule has 3 atom stereocenters. The molecular weight excluding hydrogens is 370 g/mol. The second-order valence-corrected chi connectivity index (χ2v) is 7.50. The molecule has 0 radical (unpaired) electrons. The van der Waals surface area contributed by atoms with E-state index in [0.717, 1.165) is 37.7 Å². The molecule has 7 heteroatoms. The molecular formula is C20H30ClNO5. The molecule has 1 aliphatic heterocycles. The molecule has 0 amide bonds. The molecule has 2 unspecified atom stereocenters. The van der Waals surface area contributed by atoms with Gasteiger partial charge in [0.1, 0.15) is 5.75 Å². The van der Waals surface area contributed by atoms with Crippen LogP contribution in [0.3, 0.4) is 0 Å². The maximum atomic E-state index is 10.8. The number of hydrogen-bond acceptors (Lipinski definition) is 5. The number of halogens is 1. The molecule has 1 heterocycles.